The van der Waals surface area contributed by atoms with Gasteiger partial charge in [0.2, 0.25) is 0 Å². The molecule has 0 amide bonds. The van der Waals surface area contributed by atoms with Crippen molar-refractivity contribution >= 4 is 22.5 Å². The molecule has 1 heterocycles. The van der Waals surface area contributed by atoms with Gasteiger partial charge in [0.1, 0.15) is 5.69 Å². The minimum Gasteiger partial charge on any atom is -0.305 e. The minimum atomic E-state index is -4.43. The molecular weight excluding hydrogens is 287 g/mol. The Labute approximate surface area is 118 Å². The molecule has 0 unspecified atom stereocenters. The Hall–Kier alpha value is -1.94. The largest absolute Gasteiger partial charge is 0.431 e. The van der Waals surface area contributed by atoms with Crippen LogP contribution in [0.15, 0.2) is 54.6 Å². The first-order valence-electron chi connectivity index (χ1n) is 5.90. The molecule has 5 heteroatoms. The van der Waals surface area contributed by atoms with Gasteiger partial charge < -0.3 is 4.57 Å². The summed E-state index contributed by atoms with van der Waals surface area (Å²) >= 11 is 5.91. The molecule has 1 aromatic heterocycles. The van der Waals surface area contributed by atoms with Crippen LogP contribution in [0.5, 0.6) is 0 Å². The SMILES string of the molecule is FC(F)(F)c1cc2ccc(Cl)cc2n1-c1ccccc1. The fourth-order valence-electron chi connectivity index (χ4n) is 2.24. The maximum absolute atomic E-state index is 13.2. The molecule has 0 bridgehead atoms. The van der Waals surface area contributed by atoms with E-state index < -0.39 is 11.9 Å². The van der Waals surface area contributed by atoms with Crippen LogP contribution < -0.4 is 0 Å². The number of fused-ring (bicyclic) bond motifs is 1. The first-order valence-corrected chi connectivity index (χ1v) is 6.28. The summed E-state index contributed by atoms with van der Waals surface area (Å²) in [5, 5.41) is 0.909. The van der Waals surface area contributed by atoms with Crippen LogP contribution in [0.25, 0.3) is 16.6 Å². The van der Waals surface area contributed by atoms with Gasteiger partial charge in [-0.3, -0.25) is 0 Å². The van der Waals surface area contributed by atoms with Gasteiger partial charge in [-0.2, -0.15) is 13.2 Å². The van der Waals surface area contributed by atoms with E-state index in [1.165, 1.54) is 4.57 Å². The van der Waals surface area contributed by atoms with Gasteiger partial charge in [-0.05, 0) is 30.3 Å². The molecule has 0 radical (unpaired) electrons. The molecule has 0 spiro atoms. The number of benzene rings is 2. The van der Waals surface area contributed by atoms with Crippen molar-refractivity contribution in [3.63, 3.8) is 0 Å². The molecule has 0 aliphatic carbocycles. The van der Waals surface area contributed by atoms with Gasteiger partial charge in [-0.25, -0.2) is 0 Å². The van der Waals surface area contributed by atoms with Gasteiger partial charge in [0.05, 0.1) is 5.52 Å². The highest BCUT2D eigenvalue weighted by atomic mass is 35.5. The predicted octanol–water partition coefficient (Wildman–Crippen LogP) is 5.30. The summed E-state index contributed by atoms with van der Waals surface area (Å²) in [5.41, 5.74) is 0.189. The lowest BCUT2D eigenvalue weighted by Gasteiger charge is -2.13. The lowest BCUT2D eigenvalue weighted by atomic mass is 10.2. The van der Waals surface area contributed by atoms with Crippen molar-refractivity contribution in [2.45, 2.75) is 6.18 Å². The number of hydrogen-bond donors (Lipinski definition) is 0. The van der Waals surface area contributed by atoms with Gasteiger partial charge in [0.25, 0.3) is 0 Å². The van der Waals surface area contributed by atoms with Crippen molar-refractivity contribution in [2.75, 3.05) is 0 Å². The first kappa shape index (κ1) is 13.1. The van der Waals surface area contributed by atoms with Gasteiger partial charge in [0, 0.05) is 16.1 Å². The third-order valence-electron chi connectivity index (χ3n) is 3.07. The molecule has 0 aliphatic heterocycles. The van der Waals surface area contributed by atoms with Crippen LogP contribution in [-0.4, -0.2) is 4.57 Å². The van der Waals surface area contributed by atoms with Crippen LogP contribution in [0.2, 0.25) is 5.02 Å². The Morgan fingerprint density at radius 2 is 1.60 bits per heavy atom. The van der Waals surface area contributed by atoms with Gasteiger partial charge in [-0.1, -0.05) is 35.9 Å². The van der Waals surface area contributed by atoms with Crippen molar-refractivity contribution in [3.05, 3.63) is 65.3 Å². The van der Waals surface area contributed by atoms with E-state index in [9.17, 15) is 13.2 Å². The van der Waals surface area contributed by atoms with Crippen LogP contribution in [0.4, 0.5) is 13.2 Å². The van der Waals surface area contributed by atoms with E-state index in [-0.39, 0.29) is 0 Å². The Morgan fingerprint density at radius 3 is 2.25 bits per heavy atom. The Kier molecular flexibility index (Phi) is 2.98. The van der Waals surface area contributed by atoms with E-state index >= 15 is 0 Å². The summed E-state index contributed by atoms with van der Waals surface area (Å²) in [5.74, 6) is 0. The van der Waals surface area contributed by atoms with E-state index in [2.05, 4.69) is 0 Å². The normalized spacial score (nSPS) is 12.0. The minimum absolute atomic E-state index is 0.404. The second-order valence-electron chi connectivity index (χ2n) is 4.40. The Morgan fingerprint density at radius 1 is 0.900 bits per heavy atom. The van der Waals surface area contributed by atoms with E-state index in [0.717, 1.165) is 6.07 Å². The lowest BCUT2D eigenvalue weighted by molar-refractivity contribution is -0.142. The maximum Gasteiger partial charge on any atom is 0.431 e. The van der Waals surface area contributed by atoms with Crippen molar-refractivity contribution in [2.24, 2.45) is 0 Å². The number of halogens is 4. The number of aromatic nitrogens is 1. The van der Waals surface area contributed by atoms with E-state index in [0.29, 0.717) is 21.6 Å². The second kappa shape index (κ2) is 4.56. The second-order valence-corrected chi connectivity index (χ2v) is 4.84. The highest BCUT2D eigenvalue weighted by molar-refractivity contribution is 6.31. The molecule has 2 aromatic carbocycles. The zero-order valence-electron chi connectivity index (χ0n) is 10.2. The van der Waals surface area contributed by atoms with Gasteiger partial charge >= 0.3 is 6.18 Å². The van der Waals surface area contributed by atoms with Crippen LogP contribution >= 0.6 is 11.6 Å². The quantitative estimate of drug-likeness (QED) is 0.574. The van der Waals surface area contributed by atoms with Crippen molar-refractivity contribution in [1.29, 1.82) is 0 Å². The summed E-state index contributed by atoms with van der Waals surface area (Å²) in [4.78, 5) is 0. The molecule has 0 saturated carbocycles. The number of para-hydroxylation sites is 1. The highest BCUT2D eigenvalue weighted by Crippen LogP contribution is 2.36. The summed E-state index contributed by atoms with van der Waals surface area (Å²) in [7, 11) is 0. The summed E-state index contributed by atoms with van der Waals surface area (Å²) < 4.78 is 40.8. The third kappa shape index (κ3) is 2.16. The zero-order chi connectivity index (χ0) is 14.3. The average Bonchev–Trinajstić information content (AvgIpc) is 2.78. The van der Waals surface area contributed by atoms with Crippen LogP contribution in [0.3, 0.4) is 0 Å². The van der Waals surface area contributed by atoms with Crippen LogP contribution in [0, 0.1) is 0 Å². The summed E-state index contributed by atoms with van der Waals surface area (Å²) in [6.45, 7) is 0. The molecule has 1 nitrogen and oxygen atoms in total. The molecule has 102 valence electrons. The van der Waals surface area contributed by atoms with Crippen LogP contribution in [0.1, 0.15) is 5.69 Å². The van der Waals surface area contributed by atoms with Crippen molar-refractivity contribution < 1.29 is 13.2 Å². The maximum atomic E-state index is 13.2. The van der Waals surface area contributed by atoms with Gasteiger partial charge in [-0.15, -0.1) is 0 Å². The Balaban J connectivity index is 2.40. The fourth-order valence-corrected chi connectivity index (χ4v) is 2.40. The molecule has 0 N–H and O–H groups in total. The molecule has 0 aliphatic rings. The topological polar surface area (TPSA) is 4.93 Å². The third-order valence-corrected chi connectivity index (χ3v) is 3.31. The molecule has 0 atom stereocenters. The van der Waals surface area contributed by atoms with Crippen molar-refractivity contribution in [1.82, 2.24) is 4.57 Å². The number of rotatable bonds is 1. The number of alkyl halides is 3. The molecule has 0 fully saturated rings. The molecular formula is C15H9ClF3N. The fraction of sp³-hybridized carbons (Fsp3) is 0.0667. The monoisotopic (exact) mass is 295 g/mol. The molecule has 3 aromatic rings. The molecule has 0 saturated heterocycles. The predicted molar refractivity (Wildman–Crippen MR) is 73.3 cm³/mol. The van der Waals surface area contributed by atoms with E-state index in [1.54, 1.807) is 48.5 Å². The highest BCUT2D eigenvalue weighted by Gasteiger charge is 2.35. The standard InChI is InChI=1S/C15H9ClF3N/c16-11-7-6-10-8-14(15(17,18)19)20(13(10)9-11)12-4-2-1-3-5-12/h1-9H. The molecule has 20 heavy (non-hydrogen) atoms. The van der Waals surface area contributed by atoms with Crippen molar-refractivity contribution in [3.8, 4) is 5.69 Å². The molecule has 3 rings (SSSR count). The summed E-state index contributed by atoms with van der Waals surface area (Å²) in [6.07, 6.45) is -4.43. The summed E-state index contributed by atoms with van der Waals surface area (Å²) in [6, 6.07) is 14.3. The first-order chi connectivity index (χ1) is 9.47. The Bertz CT molecular complexity index is 760. The van der Waals surface area contributed by atoms with Crippen LogP contribution in [-0.2, 0) is 6.18 Å². The number of nitrogens with zero attached hydrogens (tertiary/aromatic N) is 1. The average molecular weight is 296 g/mol. The number of hydrogen-bond acceptors (Lipinski definition) is 0. The van der Waals surface area contributed by atoms with E-state index in [4.69, 9.17) is 11.6 Å². The smallest absolute Gasteiger partial charge is 0.305 e. The lowest BCUT2D eigenvalue weighted by Crippen LogP contribution is -2.12. The van der Waals surface area contributed by atoms with Gasteiger partial charge in [0.15, 0.2) is 0 Å². The zero-order valence-corrected chi connectivity index (χ0v) is 10.9. The van der Waals surface area contributed by atoms with E-state index in [1.807, 2.05) is 0 Å².